The van der Waals surface area contributed by atoms with Gasteiger partial charge in [0.1, 0.15) is 12.0 Å². The number of nitrogens with two attached hydrogens (primary N) is 1. The maximum absolute atomic E-state index is 12.9. The third-order valence-corrected chi connectivity index (χ3v) is 6.63. The lowest BCUT2D eigenvalue weighted by Gasteiger charge is -2.34. The van der Waals surface area contributed by atoms with E-state index in [0.717, 1.165) is 11.1 Å². The first-order chi connectivity index (χ1) is 12.3. The molecule has 0 bridgehead atoms. The molecule has 2 N–H and O–H groups in total. The van der Waals surface area contributed by atoms with E-state index in [2.05, 4.69) is 0 Å². The van der Waals surface area contributed by atoms with Gasteiger partial charge in [-0.25, -0.2) is 8.42 Å². The number of halogens is 1. The summed E-state index contributed by atoms with van der Waals surface area (Å²) in [6.07, 6.45) is 1.39. The number of sulfonamides is 1. The predicted octanol–water partition coefficient (Wildman–Crippen LogP) is 1.92. The van der Waals surface area contributed by atoms with Crippen molar-refractivity contribution < 1.29 is 17.6 Å². The summed E-state index contributed by atoms with van der Waals surface area (Å²) >= 11 is 0. The van der Waals surface area contributed by atoms with Crippen LogP contribution in [-0.2, 0) is 16.6 Å². The minimum absolute atomic E-state index is 0. The summed E-state index contributed by atoms with van der Waals surface area (Å²) in [5.41, 5.74) is 7.56. The fraction of sp³-hybridized carbons (Fsp3) is 0.389. The summed E-state index contributed by atoms with van der Waals surface area (Å²) < 4.78 is 32.5. The fourth-order valence-corrected chi connectivity index (χ4v) is 4.77. The molecule has 1 aliphatic heterocycles. The lowest BCUT2D eigenvalue weighted by Crippen LogP contribution is -2.50. The first-order valence-corrected chi connectivity index (χ1v) is 9.91. The molecule has 1 saturated heterocycles. The summed E-state index contributed by atoms with van der Waals surface area (Å²) in [6, 6.07) is 7.03. The van der Waals surface area contributed by atoms with E-state index in [1.165, 1.54) is 10.6 Å². The summed E-state index contributed by atoms with van der Waals surface area (Å²) in [7, 11) is -3.57. The standard InChI is InChI=1S/C18H23N3O4S.ClH/c1-13-3-4-14(2)17(9-13)26(23,24)21-7-5-20(6-8-21)18(22)15-10-16(11-19)25-12-15;/h3-4,9-10,12H,5-8,11,19H2,1-2H3;1H. The number of hydrogen-bond donors (Lipinski definition) is 1. The number of piperazine rings is 1. The molecule has 2 aromatic rings. The van der Waals surface area contributed by atoms with Crippen LogP contribution in [-0.4, -0.2) is 49.7 Å². The van der Waals surface area contributed by atoms with Gasteiger partial charge in [-0.2, -0.15) is 4.31 Å². The third kappa shape index (κ3) is 4.35. The maximum atomic E-state index is 12.9. The minimum atomic E-state index is -3.57. The number of carbonyl (C=O) groups is 1. The molecular weight excluding hydrogens is 390 g/mol. The Morgan fingerprint density at radius 1 is 1.15 bits per heavy atom. The van der Waals surface area contributed by atoms with E-state index in [0.29, 0.717) is 29.3 Å². The van der Waals surface area contributed by atoms with E-state index >= 15 is 0 Å². The zero-order valence-corrected chi connectivity index (χ0v) is 17.0. The molecule has 0 aliphatic carbocycles. The number of amides is 1. The summed E-state index contributed by atoms with van der Waals surface area (Å²) in [6.45, 7) is 5.11. The van der Waals surface area contributed by atoms with Crippen molar-refractivity contribution in [1.82, 2.24) is 9.21 Å². The number of furan rings is 1. The van der Waals surface area contributed by atoms with Gasteiger partial charge in [-0.3, -0.25) is 4.79 Å². The van der Waals surface area contributed by atoms with Crippen LogP contribution in [0.25, 0.3) is 0 Å². The maximum Gasteiger partial charge on any atom is 0.257 e. The predicted molar refractivity (Wildman–Crippen MR) is 104 cm³/mol. The number of rotatable bonds is 4. The van der Waals surface area contributed by atoms with Gasteiger partial charge in [0.05, 0.1) is 17.0 Å². The zero-order valence-electron chi connectivity index (χ0n) is 15.3. The summed E-state index contributed by atoms with van der Waals surface area (Å²) in [5, 5.41) is 0. The quantitative estimate of drug-likeness (QED) is 0.825. The van der Waals surface area contributed by atoms with Crippen LogP contribution in [0.5, 0.6) is 0 Å². The molecule has 0 unspecified atom stereocenters. The van der Waals surface area contributed by atoms with E-state index in [1.54, 1.807) is 24.0 Å². The van der Waals surface area contributed by atoms with Gasteiger partial charge in [0.15, 0.2) is 0 Å². The highest BCUT2D eigenvalue weighted by atomic mass is 35.5. The third-order valence-electron chi connectivity index (χ3n) is 4.59. The molecule has 1 fully saturated rings. The van der Waals surface area contributed by atoms with Gasteiger partial charge in [0.2, 0.25) is 10.0 Å². The topological polar surface area (TPSA) is 96.9 Å². The Bertz CT molecular complexity index is 918. The number of carbonyl (C=O) groups excluding carboxylic acids is 1. The number of nitrogens with zero attached hydrogens (tertiary/aromatic N) is 2. The van der Waals surface area contributed by atoms with Crippen molar-refractivity contribution in [2.24, 2.45) is 5.73 Å². The molecule has 0 saturated carbocycles. The SMILES string of the molecule is Cc1ccc(C)c(S(=O)(=O)N2CCN(C(=O)c3coc(CN)c3)CC2)c1.Cl. The van der Waals surface area contributed by atoms with Gasteiger partial charge >= 0.3 is 0 Å². The lowest BCUT2D eigenvalue weighted by atomic mass is 10.2. The molecule has 0 spiro atoms. The second-order valence-corrected chi connectivity index (χ2v) is 8.38. The second-order valence-electron chi connectivity index (χ2n) is 6.47. The monoisotopic (exact) mass is 413 g/mol. The van der Waals surface area contributed by atoms with Crippen LogP contribution >= 0.6 is 12.4 Å². The van der Waals surface area contributed by atoms with E-state index in [9.17, 15) is 13.2 Å². The van der Waals surface area contributed by atoms with E-state index in [1.807, 2.05) is 19.1 Å². The van der Waals surface area contributed by atoms with Crippen LogP contribution in [0.2, 0.25) is 0 Å². The van der Waals surface area contributed by atoms with E-state index < -0.39 is 10.0 Å². The Hall–Kier alpha value is -1.87. The molecule has 1 aromatic carbocycles. The molecule has 27 heavy (non-hydrogen) atoms. The fourth-order valence-electron chi connectivity index (χ4n) is 3.04. The zero-order chi connectivity index (χ0) is 18.9. The molecule has 2 heterocycles. The molecule has 3 rings (SSSR count). The highest BCUT2D eigenvalue weighted by molar-refractivity contribution is 7.89. The second kappa shape index (κ2) is 8.43. The Labute approximate surface area is 165 Å². The average molecular weight is 414 g/mol. The smallest absolute Gasteiger partial charge is 0.257 e. The molecule has 1 amide bonds. The molecule has 7 nitrogen and oxygen atoms in total. The molecular formula is C18H24ClN3O4S. The van der Waals surface area contributed by atoms with E-state index in [4.69, 9.17) is 10.2 Å². The Kier molecular flexibility index (Phi) is 6.69. The lowest BCUT2D eigenvalue weighted by molar-refractivity contribution is 0.0697. The largest absolute Gasteiger partial charge is 0.467 e. The minimum Gasteiger partial charge on any atom is -0.467 e. The molecule has 0 atom stereocenters. The van der Waals surface area contributed by atoms with Crippen molar-refractivity contribution in [2.45, 2.75) is 25.3 Å². The summed E-state index contributed by atoms with van der Waals surface area (Å²) in [5.74, 6) is 0.377. The van der Waals surface area contributed by atoms with Gasteiger partial charge in [-0.15, -0.1) is 12.4 Å². The van der Waals surface area contributed by atoms with Crippen molar-refractivity contribution in [3.63, 3.8) is 0 Å². The summed E-state index contributed by atoms with van der Waals surface area (Å²) in [4.78, 5) is 14.5. The molecule has 9 heteroatoms. The number of hydrogen-bond acceptors (Lipinski definition) is 5. The van der Waals surface area contributed by atoms with Crippen LogP contribution in [0.1, 0.15) is 27.2 Å². The van der Waals surface area contributed by atoms with Crippen molar-refractivity contribution >= 4 is 28.3 Å². The van der Waals surface area contributed by atoms with E-state index in [-0.39, 0.29) is 37.9 Å². The van der Waals surface area contributed by atoms with Crippen LogP contribution in [0.15, 0.2) is 39.8 Å². The van der Waals surface area contributed by atoms with Gasteiger partial charge < -0.3 is 15.1 Å². The van der Waals surface area contributed by atoms with Crippen LogP contribution in [0.3, 0.4) is 0 Å². The van der Waals surface area contributed by atoms with Crippen molar-refractivity contribution in [1.29, 1.82) is 0 Å². The van der Waals surface area contributed by atoms with Crippen molar-refractivity contribution in [3.8, 4) is 0 Å². The number of aryl methyl sites for hydroxylation is 2. The molecule has 1 aliphatic rings. The average Bonchev–Trinajstić information content (AvgIpc) is 3.12. The van der Waals surface area contributed by atoms with Gasteiger partial charge in [-0.1, -0.05) is 12.1 Å². The Morgan fingerprint density at radius 3 is 2.41 bits per heavy atom. The van der Waals surface area contributed by atoms with Gasteiger partial charge in [-0.05, 0) is 37.1 Å². The van der Waals surface area contributed by atoms with Crippen LogP contribution < -0.4 is 5.73 Å². The Balaban J connectivity index is 0.00000261. The molecule has 148 valence electrons. The van der Waals surface area contributed by atoms with Crippen molar-refractivity contribution in [2.75, 3.05) is 26.2 Å². The highest BCUT2D eigenvalue weighted by Crippen LogP contribution is 2.23. The van der Waals surface area contributed by atoms with Gasteiger partial charge in [0, 0.05) is 26.2 Å². The van der Waals surface area contributed by atoms with Crippen LogP contribution in [0, 0.1) is 13.8 Å². The Morgan fingerprint density at radius 2 is 1.81 bits per heavy atom. The van der Waals surface area contributed by atoms with Gasteiger partial charge in [0.25, 0.3) is 5.91 Å². The van der Waals surface area contributed by atoms with Crippen molar-refractivity contribution in [3.05, 3.63) is 53.0 Å². The number of benzene rings is 1. The molecule has 1 aromatic heterocycles. The van der Waals surface area contributed by atoms with Crippen LogP contribution in [0.4, 0.5) is 0 Å². The first kappa shape index (κ1) is 21.4. The first-order valence-electron chi connectivity index (χ1n) is 8.47. The normalized spacial score (nSPS) is 15.4. The molecule has 0 radical (unpaired) electrons. The highest BCUT2D eigenvalue weighted by Gasteiger charge is 2.31.